The smallest absolute Gasteiger partial charge is 0.259 e. The predicted molar refractivity (Wildman–Crippen MR) is 92.0 cm³/mol. The molecule has 0 spiro atoms. The summed E-state index contributed by atoms with van der Waals surface area (Å²) in [5.41, 5.74) is -0.782. The highest BCUT2D eigenvalue weighted by atomic mass is 79.9. The van der Waals surface area contributed by atoms with Crippen molar-refractivity contribution < 1.29 is 9.53 Å². The summed E-state index contributed by atoms with van der Waals surface area (Å²) in [6.07, 6.45) is 1.98. The molecule has 5 heteroatoms. The van der Waals surface area contributed by atoms with Crippen molar-refractivity contribution in [3.8, 4) is 11.8 Å². The minimum absolute atomic E-state index is 0.0912. The van der Waals surface area contributed by atoms with Crippen molar-refractivity contribution >= 4 is 32.6 Å². The van der Waals surface area contributed by atoms with Gasteiger partial charge < -0.3 is 10.1 Å². The largest absolute Gasteiger partial charge is 0.484 e. The molecule has 1 amide bonds. The number of carbonyl (C=O) groups is 1. The number of nitriles is 1. The maximum atomic E-state index is 12.0. The molecule has 1 aliphatic carbocycles. The molecule has 2 aromatic rings. The highest BCUT2D eigenvalue weighted by molar-refractivity contribution is 9.10. The summed E-state index contributed by atoms with van der Waals surface area (Å²) in [6.45, 7) is 1.68. The number of rotatable bonds is 5. The van der Waals surface area contributed by atoms with Gasteiger partial charge in [0.05, 0.1) is 6.07 Å². The molecule has 1 saturated carbocycles. The number of benzene rings is 2. The first kappa shape index (κ1) is 15.8. The molecule has 0 heterocycles. The molecule has 0 aromatic heterocycles. The number of nitrogens with zero attached hydrogens (tertiary/aromatic N) is 1. The van der Waals surface area contributed by atoms with Crippen molar-refractivity contribution in [3.05, 3.63) is 40.9 Å². The van der Waals surface area contributed by atoms with E-state index < -0.39 is 5.54 Å². The van der Waals surface area contributed by atoms with E-state index in [0.29, 0.717) is 5.75 Å². The summed E-state index contributed by atoms with van der Waals surface area (Å²) in [7, 11) is 0. The summed E-state index contributed by atoms with van der Waals surface area (Å²) in [5, 5.41) is 14.2. The van der Waals surface area contributed by atoms with Crippen molar-refractivity contribution in [1.29, 1.82) is 5.26 Å². The lowest BCUT2D eigenvalue weighted by Crippen LogP contribution is -2.48. The van der Waals surface area contributed by atoms with E-state index in [0.717, 1.165) is 28.1 Å². The second-order valence-corrected chi connectivity index (χ2v) is 6.99. The number of fused-ring (bicyclic) bond motifs is 1. The van der Waals surface area contributed by atoms with Gasteiger partial charge in [0.25, 0.3) is 5.91 Å². The summed E-state index contributed by atoms with van der Waals surface area (Å²) >= 11 is 3.44. The molecule has 1 aliphatic rings. The molecule has 0 aliphatic heterocycles. The zero-order chi connectivity index (χ0) is 16.4. The Balaban J connectivity index is 1.62. The fraction of sp³-hybridized carbons (Fsp3) is 0.333. The monoisotopic (exact) mass is 372 g/mol. The average Bonchev–Trinajstić information content (AvgIpc) is 3.38. The van der Waals surface area contributed by atoms with Crippen molar-refractivity contribution in [1.82, 2.24) is 5.32 Å². The molecule has 4 nitrogen and oxygen atoms in total. The lowest BCUT2D eigenvalue weighted by molar-refractivity contribution is -0.124. The number of ether oxygens (including phenoxy) is 1. The minimum atomic E-state index is -0.782. The Hall–Kier alpha value is -2.06. The summed E-state index contributed by atoms with van der Waals surface area (Å²) < 4.78 is 6.59. The number of carbonyl (C=O) groups excluding carboxylic acids is 1. The average molecular weight is 373 g/mol. The first-order chi connectivity index (χ1) is 11.0. The topological polar surface area (TPSA) is 62.1 Å². The zero-order valence-electron chi connectivity index (χ0n) is 12.8. The van der Waals surface area contributed by atoms with Crippen LogP contribution in [0.5, 0.6) is 5.75 Å². The van der Waals surface area contributed by atoms with Crippen molar-refractivity contribution in [3.63, 3.8) is 0 Å². The highest BCUT2D eigenvalue weighted by Gasteiger charge is 2.43. The molecule has 1 N–H and O–H groups in total. The number of hydrogen-bond donors (Lipinski definition) is 1. The standard InChI is InChI=1S/C18H17BrN2O2/c1-18(11-20,14-4-5-14)21-17(22)10-23-16-7-3-12-8-15(19)6-2-13(12)9-16/h2-3,6-9,14H,4-5,10H2,1H3,(H,21,22)/t18-/m1/s1. The van der Waals surface area contributed by atoms with E-state index in [1.54, 1.807) is 6.92 Å². The highest BCUT2D eigenvalue weighted by Crippen LogP contribution is 2.39. The number of amides is 1. The fourth-order valence-corrected chi connectivity index (χ4v) is 3.02. The van der Waals surface area contributed by atoms with E-state index in [2.05, 4.69) is 27.3 Å². The second-order valence-electron chi connectivity index (χ2n) is 6.08. The minimum Gasteiger partial charge on any atom is -0.484 e. The third kappa shape index (κ3) is 3.65. The van der Waals surface area contributed by atoms with Gasteiger partial charge in [0.2, 0.25) is 0 Å². The van der Waals surface area contributed by atoms with Gasteiger partial charge in [-0.15, -0.1) is 0 Å². The molecule has 118 valence electrons. The van der Waals surface area contributed by atoms with Gasteiger partial charge in [0.1, 0.15) is 11.3 Å². The quantitative estimate of drug-likeness (QED) is 0.868. The molecule has 2 aromatic carbocycles. The Morgan fingerprint density at radius 2 is 2.04 bits per heavy atom. The van der Waals surface area contributed by atoms with E-state index in [9.17, 15) is 10.1 Å². The number of hydrogen-bond acceptors (Lipinski definition) is 3. The van der Waals surface area contributed by atoms with Gasteiger partial charge in [0, 0.05) is 4.47 Å². The Bertz CT molecular complexity index is 795. The third-order valence-corrected chi connectivity index (χ3v) is 4.66. The first-order valence-electron chi connectivity index (χ1n) is 7.54. The normalized spacial score (nSPS) is 16.4. The molecule has 1 fully saturated rings. The van der Waals surface area contributed by atoms with Crippen LogP contribution in [0.15, 0.2) is 40.9 Å². The van der Waals surface area contributed by atoms with Crippen LogP contribution in [0.3, 0.4) is 0 Å². The Kier molecular flexibility index (Phi) is 4.27. The van der Waals surface area contributed by atoms with Gasteiger partial charge in [-0.05, 0) is 60.7 Å². The lowest BCUT2D eigenvalue weighted by Gasteiger charge is -2.22. The van der Waals surface area contributed by atoms with E-state index >= 15 is 0 Å². The molecule has 23 heavy (non-hydrogen) atoms. The van der Waals surface area contributed by atoms with Crippen LogP contribution in [0.2, 0.25) is 0 Å². The van der Waals surface area contributed by atoms with E-state index in [-0.39, 0.29) is 18.4 Å². The van der Waals surface area contributed by atoms with Gasteiger partial charge in [-0.25, -0.2) is 0 Å². The first-order valence-corrected chi connectivity index (χ1v) is 8.34. The molecule has 0 saturated heterocycles. The fourth-order valence-electron chi connectivity index (χ4n) is 2.64. The molecule has 1 atom stereocenters. The van der Waals surface area contributed by atoms with E-state index in [1.165, 1.54) is 0 Å². The molecule has 0 bridgehead atoms. The predicted octanol–water partition coefficient (Wildman–Crippen LogP) is 3.79. The Labute approximate surface area is 143 Å². The number of nitrogens with one attached hydrogen (secondary N) is 1. The van der Waals surface area contributed by atoms with Crippen molar-refractivity contribution in [2.45, 2.75) is 25.3 Å². The van der Waals surface area contributed by atoms with Gasteiger partial charge in [0.15, 0.2) is 6.61 Å². The van der Waals surface area contributed by atoms with Gasteiger partial charge in [-0.1, -0.05) is 28.1 Å². The van der Waals surface area contributed by atoms with Crippen molar-refractivity contribution in [2.24, 2.45) is 5.92 Å². The van der Waals surface area contributed by atoms with Crippen LogP contribution < -0.4 is 10.1 Å². The van der Waals surface area contributed by atoms with Crippen molar-refractivity contribution in [2.75, 3.05) is 6.61 Å². The van der Waals surface area contributed by atoms with E-state index in [1.807, 2.05) is 36.4 Å². The Morgan fingerprint density at radius 1 is 1.35 bits per heavy atom. The van der Waals surface area contributed by atoms with Gasteiger partial charge in [-0.3, -0.25) is 4.79 Å². The van der Waals surface area contributed by atoms with Crippen LogP contribution in [-0.2, 0) is 4.79 Å². The van der Waals surface area contributed by atoms with Crippen LogP contribution in [0.25, 0.3) is 10.8 Å². The van der Waals surface area contributed by atoms with Crippen LogP contribution in [0.4, 0.5) is 0 Å². The SMILES string of the molecule is C[C@](C#N)(NC(=O)COc1ccc2cc(Br)ccc2c1)C1CC1. The van der Waals surface area contributed by atoms with Crippen LogP contribution in [0.1, 0.15) is 19.8 Å². The molecular weight excluding hydrogens is 356 g/mol. The van der Waals surface area contributed by atoms with Gasteiger partial charge in [-0.2, -0.15) is 5.26 Å². The molecular formula is C18H17BrN2O2. The summed E-state index contributed by atoms with van der Waals surface area (Å²) in [5.74, 6) is 0.632. The number of halogens is 1. The Morgan fingerprint density at radius 3 is 2.74 bits per heavy atom. The van der Waals surface area contributed by atoms with Crippen LogP contribution >= 0.6 is 15.9 Å². The summed E-state index contributed by atoms with van der Waals surface area (Å²) in [4.78, 5) is 12.0. The van der Waals surface area contributed by atoms with Crippen LogP contribution in [0, 0.1) is 17.2 Å². The summed E-state index contributed by atoms with van der Waals surface area (Å²) in [6, 6.07) is 13.9. The maximum absolute atomic E-state index is 12.0. The molecule has 0 unspecified atom stereocenters. The molecule has 3 rings (SSSR count). The molecule has 0 radical (unpaired) electrons. The van der Waals surface area contributed by atoms with Gasteiger partial charge >= 0.3 is 0 Å². The maximum Gasteiger partial charge on any atom is 0.259 e. The zero-order valence-corrected chi connectivity index (χ0v) is 14.4. The lowest BCUT2D eigenvalue weighted by atomic mass is 9.98. The second kappa shape index (κ2) is 6.21. The van der Waals surface area contributed by atoms with Crippen LogP contribution in [-0.4, -0.2) is 18.1 Å². The third-order valence-electron chi connectivity index (χ3n) is 4.17. The van der Waals surface area contributed by atoms with E-state index in [4.69, 9.17) is 4.74 Å².